The van der Waals surface area contributed by atoms with Crippen LogP contribution in [0.1, 0.15) is 56.9 Å². The van der Waals surface area contributed by atoms with E-state index >= 15 is 0 Å². The largest absolute Gasteiger partial charge is 0.0701 e. The van der Waals surface area contributed by atoms with Crippen molar-refractivity contribution in [2.75, 3.05) is 0 Å². The van der Waals surface area contributed by atoms with Crippen molar-refractivity contribution in [3.05, 3.63) is 64.7 Å². The lowest BCUT2D eigenvalue weighted by molar-refractivity contribution is 0.565. The van der Waals surface area contributed by atoms with Crippen molar-refractivity contribution in [1.29, 1.82) is 0 Å². The Morgan fingerprint density at radius 1 is 0.864 bits per heavy atom. The van der Waals surface area contributed by atoms with E-state index in [1.165, 1.54) is 39.0 Å². The SMILES string of the molecule is CC(C)(C)C1=CC(C)(C)c2cc3c(cc21)-c1ccccc1C3. The maximum absolute atomic E-state index is 2.48. The predicted octanol–water partition coefficient (Wildman–Crippen LogP) is 5.98. The third kappa shape index (κ3) is 1.83. The Balaban J connectivity index is 1.97. The number of fused-ring (bicyclic) bond motifs is 4. The molecule has 0 heterocycles. The molecule has 0 saturated carbocycles. The monoisotopic (exact) mass is 288 g/mol. The minimum atomic E-state index is 0.141. The maximum Gasteiger partial charge on any atom is 0.00876 e. The average molecular weight is 288 g/mol. The first-order chi connectivity index (χ1) is 10.3. The summed E-state index contributed by atoms with van der Waals surface area (Å²) in [5.74, 6) is 0. The van der Waals surface area contributed by atoms with Gasteiger partial charge in [-0.25, -0.2) is 0 Å². The van der Waals surface area contributed by atoms with Gasteiger partial charge in [-0.15, -0.1) is 0 Å². The second-order valence-corrected chi connectivity index (χ2v) is 8.42. The molecule has 0 aromatic heterocycles. The van der Waals surface area contributed by atoms with Crippen LogP contribution in [0.4, 0.5) is 0 Å². The van der Waals surface area contributed by atoms with Crippen LogP contribution < -0.4 is 0 Å². The number of allylic oxidation sites excluding steroid dienone is 2. The Kier molecular flexibility index (Phi) is 2.59. The fourth-order valence-electron chi connectivity index (χ4n) is 4.08. The van der Waals surface area contributed by atoms with Crippen molar-refractivity contribution in [1.82, 2.24) is 0 Å². The molecular weight excluding hydrogens is 264 g/mol. The molecule has 0 amide bonds. The van der Waals surface area contributed by atoms with Crippen molar-refractivity contribution in [3.63, 3.8) is 0 Å². The fourth-order valence-corrected chi connectivity index (χ4v) is 4.08. The first kappa shape index (κ1) is 13.8. The van der Waals surface area contributed by atoms with Crippen LogP contribution in [-0.4, -0.2) is 0 Å². The molecular formula is C22H24. The highest BCUT2D eigenvalue weighted by molar-refractivity contribution is 5.86. The standard InChI is InChI=1S/C22H24/c1-21(2,3)20-13-22(4,5)19-11-15-10-14-8-6-7-9-16(14)17(15)12-18(19)20/h6-9,11-13H,10H2,1-5H3. The summed E-state index contributed by atoms with van der Waals surface area (Å²) >= 11 is 0. The highest BCUT2D eigenvalue weighted by Gasteiger charge is 2.36. The van der Waals surface area contributed by atoms with Gasteiger partial charge in [0.15, 0.2) is 0 Å². The Labute approximate surface area is 133 Å². The maximum atomic E-state index is 2.48. The second-order valence-electron chi connectivity index (χ2n) is 8.42. The van der Waals surface area contributed by atoms with E-state index in [4.69, 9.17) is 0 Å². The van der Waals surface area contributed by atoms with E-state index in [1.807, 2.05) is 0 Å². The lowest BCUT2D eigenvalue weighted by Gasteiger charge is -2.22. The molecule has 2 aliphatic rings. The van der Waals surface area contributed by atoms with E-state index in [0.717, 1.165) is 6.42 Å². The minimum Gasteiger partial charge on any atom is -0.0701 e. The molecule has 0 N–H and O–H groups in total. The van der Waals surface area contributed by atoms with Gasteiger partial charge in [0.05, 0.1) is 0 Å². The van der Waals surface area contributed by atoms with Gasteiger partial charge < -0.3 is 0 Å². The van der Waals surface area contributed by atoms with Crippen LogP contribution in [0.2, 0.25) is 0 Å². The molecule has 0 atom stereocenters. The number of hydrogen-bond donors (Lipinski definition) is 0. The van der Waals surface area contributed by atoms with Gasteiger partial charge in [0.1, 0.15) is 0 Å². The van der Waals surface area contributed by atoms with E-state index in [1.54, 1.807) is 0 Å². The van der Waals surface area contributed by atoms with Crippen molar-refractivity contribution in [2.45, 2.75) is 46.5 Å². The molecule has 2 aromatic rings. The summed E-state index contributed by atoms with van der Waals surface area (Å²) in [4.78, 5) is 0. The van der Waals surface area contributed by atoms with Gasteiger partial charge in [-0.2, -0.15) is 0 Å². The van der Waals surface area contributed by atoms with Crippen LogP contribution >= 0.6 is 0 Å². The Morgan fingerprint density at radius 2 is 1.59 bits per heavy atom. The van der Waals surface area contributed by atoms with Crippen LogP contribution in [0.5, 0.6) is 0 Å². The van der Waals surface area contributed by atoms with E-state index in [2.05, 4.69) is 77.1 Å². The summed E-state index contributed by atoms with van der Waals surface area (Å²) in [6.07, 6.45) is 3.57. The van der Waals surface area contributed by atoms with E-state index in [-0.39, 0.29) is 10.8 Å². The lowest BCUT2D eigenvalue weighted by Crippen LogP contribution is -2.11. The second kappa shape index (κ2) is 4.13. The molecule has 0 unspecified atom stereocenters. The van der Waals surface area contributed by atoms with Crippen molar-refractivity contribution < 1.29 is 0 Å². The number of rotatable bonds is 0. The van der Waals surface area contributed by atoms with Gasteiger partial charge in [0.2, 0.25) is 0 Å². The molecule has 22 heavy (non-hydrogen) atoms. The molecule has 0 heteroatoms. The number of hydrogen-bond acceptors (Lipinski definition) is 0. The van der Waals surface area contributed by atoms with E-state index < -0.39 is 0 Å². The van der Waals surface area contributed by atoms with Crippen LogP contribution in [0.3, 0.4) is 0 Å². The van der Waals surface area contributed by atoms with E-state index in [9.17, 15) is 0 Å². The summed E-state index contributed by atoms with van der Waals surface area (Å²) in [6.45, 7) is 11.7. The Morgan fingerprint density at radius 3 is 2.32 bits per heavy atom. The molecule has 2 aliphatic carbocycles. The van der Waals surface area contributed by atoms with Crippen LogP contribution in [0.25, 0.3) is 16.7 Å². The topological polar surface area (TPSA) is 0 Å². The van der Waals surface area contributed by atoms with Crippen LogP contribution in [0.15, 0.2) is 42.5 Å². The molecule has 0 nitrogen and oxygen atoms in total. The zero-order valence-corrected chi connectivity index (χ0v) is 14.2. The van der Waals surface area contributed by atoms with Gasteiger partial charge >= 0.3 is 0 Å². The predicted molar refractivity (Wildman–Crippen MR) is 95.1 cm³/mol. The molecule has 0 radical (unpaired) electrons. The van der Waals surface area contributed by atoms with Gasteiger partial charge in [0, 0.05) is 5.41 Å². The molecule has 0 aliphatic heterocycles. The first-order valence-corrected chi connectivity index (χ1v) is 8.27. The van der Waals surface area contributed by atoms with Crippen molar-refractivity contribution >= 4 is 5.57 Å². The van der Waals surface area contributed by atoms with Gasteiger partial charge in [-0.05, 0) is 56.9 Å². The van der Waals surface area contributed by atoms with Gasteiger partial charge in [-0.1, -0.05) is 71.0 Å². The third-order valence-electron chi connectivity index (χ3n) is 5.23. The summed E-state index contributed by atoms with van der Waals surface area (Å²) in [5.41, 5.74) is 10.6. The number of benzene rings is 2. The highest BCUT2D eigenvalue weighted by atomic mass is 14.4. The molecule has 0 fully saturated rings. The quantitative estimate of drug-likeness (QED) is 0.477. The highest BCUT2D eigenvalue weighted by Crippen LogP contribution is 2.50. The summed E-state index contributed by atoms with van der Waals surface area (Å²) in [5, 5.41) is 0. The van der Waals surface area contributed by atoms with Crippen molar-refractivity contribution in [3.8, 4) is 11.1 Å². The minimum absolute atomic E-state index is 0.141. The summed E-state index contributed by atoms with van der Waals surface area (Å²) < 4.78 is 0. The smallest absolute Gasteiger partial charge is 0.00876 e. The van der Waals surface area contributed by atoms with Crippen LogP contribution in [-0.2, 0) is 11.8 Å². The van der Waals surface area contributed by atoms with E-state index in [0.29, 0.717) is 0 Å². The lowest BCUT2D eigenvalue weighted by atomic mass is 9.82. The molecule has 112 valence electrons. The fraction of sp³-hybridized carbons (Fsp3) is 0.364. The Hall–Kier alpha value is -1.82. The average Bonchev–Trinajstić information content (AvgIpc) is 2.92. The van der Waals surface area contributed by atoms with Gasteiger partial charge in [0.25, 0.3) is 0 Å². The zero-order valence-electron chi connectivity index (χ0n) is 14.2. The molecule has 0 bridgehead atoms. The summed E-state index contributed by atoms with van der Waals surface area (Å²) in [7, 11) is 0. The van der Waals surface area contributed by atoms with Crippen LogP contribution in [0, 0.1) is 5.41 Å². The molecule has 0 spiro atoms. The molecule has 2 aromatic carbocycles. The van der Waals surface area contributed by atoms with Crippen molar-refractivity contribution in [2.24, 2.45) is 5.41 Å². The third-order valence-corrected chi connectivity index (χ3v) is 5.23. The van der Waals surface area contributed by atoms with Gasteiger partial charge in [-0.3, -0.25) is 0 Å². The molecule has 0 saturated heterocycles. The normalized spacial score (nSPS) is 17.8. The summed E-state index contributed by atoms with van der Waals surface area (Å²) in [6, 6.07) is 13.8. The Bertz CT molecular complexity index is 810. The molecule has 4 rings (SSSR count). The first-order valence-electron chi connectivity index (χ1n) is 8.27. The zero-order chi connectivity index (χ0) is 15.7.